The highest BCUT2D eigenvalue weighted by Crippen LogP contribution is 2.18. The van der Waals surface area contributed by atoms with Crippen LogP contribution in [0, 0.1) is 20.8 Å². The zero-order valence-electron chi connectivity index (χ0n) is 13.3. The topological polar surface area (TPSA) is 68.0 Å². The highest BCUT2D eigenvalue weighted by Gasteiger charge is 2.09. The number of hydrogen-bond acceptors (Lipinski definition) is 4. The first kappa shape index (κ1) is 15.0. The van der Waals surface area contributed by atoms with Crippen LogP contribution in [0.2, 0.25) is 0 Å². The van der Waals surface area contributed by atoms with Gasteiger partial charge in [-0.1, -0.05) is 23.4 Å². The minimum Gasteiger partial charge on any atom is -0.339 e. The molecule has 0 saturated carbocycles. The SMILES string of the molecule is Cc1cc(C)cc(NC(=O)c2ccc(-c3noc(C)n3)cc2)c1. The standard InChI is InChI=1S/C18H17N3O2/c1-11-8-12(2)10-16(9-11)20-18(22)15-6-4-14(5-7-15)17-19-13(3)23-21-17/h4-10H,1-3H3,(H,20,22). The summed E-state index contributed by atoms with van der Waals surface area (Å²) in [6, 6.07) is 13.1. The number of carbonyl (C=O) groups is 1. The van der Waals surface area contributed by atoms with Crippen LogP contribution in [0.1, 0.15) is 27.4 Å². The molecular formula is C18H17N3O2. The lowest BCUT2D eigenvalue weighted by molar-refractivity contribution is 0.102. The Labute approximate surface area is 134 Å². The van der Waals surface area contributed by atoms with Crippen LogP contribution < -0.4 is 5.32 Å². The van der Waals surface area contributed by atoms with Gasteiger partial charge in [-0.05, 0) is 49.2 Å². The van der Waals surface area contributed by atoms with Gasteiger partial charge in [-0.2, -0.15) is 4.98 Å². The molecule has 1 N–H and O–H groups in total. The number of carbonyl (C=O) groups excluding carboxylic acids is 1. The van der Waals surface area contributed by atoms with Crippen LogP contribution in [0.4, 0.5) is 5.69 Å². The summed E-state index contributed by atoms with van der Waals surface area (Å²) in [5.41, 5.74) is 4.41. The van der Waals surface area contributed by atoms with E-state index in [-0.39, 0.29) is 5.91 Å². The van der Waals surface area contributed by atoms with E-state index in [0.717, 1.165) is 22.4 Å². The van der Waals surface area contributed by atoms with Crippen LogP contribution in [0.25, 0.3) is 11.4 Å². The average Bonchev–Trinajstić information content (AvgIpc) is 2.93. The predicted molar refractivity (Wildman–Crippen MR) is 88.3 cm³/mol. The lowest BCUT2D eigenvalue weighted by Gasteiger charge is -2.08. The van der Waals surface area contributed by atoms with Crippen molar-refractivity contribution in [3.05, 3.63) is 65.0 Å². The molecule has 3 aromatic rings. The van der Waals surface area contributed by atoms with E-state index in [4.69, 9.17) is 4.52 Å². The molecule has 0 atom stereocenters. The summed E-state index contributed by atoms with van der Waals surface area (Å²) >= 11 is 0. The zero-order chi connectivity index (χ0) is 16.4. The van der Waals surface area contributed by atoms with Gasteiger partial charge in [-0.3, -0.25) is 4.79 Å². The van der Waals surface area contributed by atoms with E-state index in [2.05, 4.69) is 21.5 Å². The van der Waals surface area contributed by atoms with Crippen LogP contribution in [-0.2, 0) is 0 Å². The molecule has 5 heteroatoms. The number of aryl methyl sites for hydroxylation is 3. The summed E-state index contributed by atoms with van der Waals surface area (Å²) in [4.78, 5) is 16.5. The minimum absolute atomic E-state index is 0.147. The molecule has 0 spiro atoms. The predicted octanol–water partition coefficient (Wildman–Crippen LogP) is 3.91. The Morgan fingerprint density at radius 1 is 1.00 bits per heavy atom. The molecule has 0 aliphatic carbocycles. The largest absolute Gasteiger partial charge is 0.339 e. The highest BCUT2D eigenvalue weighted by atomic mass is 16.5. The molecule has 0 aliphatic heterocycles. The Hall–Kier alpha value is -2.95. The minimum atomic E-state index is -0.147. The number of benzene rings is 2. The van der Waals surface area contributed by atoms with E-state index >= 15 is 0 Å². The third-order valence-electron chi connectivity index (χ3n) is 3.41. The van der Waals surface area contributed by atoms with Gasteiger partial charge in [0, 0.05) is 23.7 Å². The van der Waals surface area contributed by atoms with Crippen LogP contribution in [-0.4, -0.2) is 16.0 Å². The zero-order valence-corrected chi connectivity index (χ0v) is 13.3. The number of hydrogen-bond donors (Lipinski definition) is 1. The monoisotopic (exact) mass is 307 g/mol. The molecule has 2 aromatic carbocycles. The van der Waals surface area contributed by atoms with Gasteiger partial charge in [0.15, 0.2) is 0 Å². The van der Waals surface area contributed by atoms with Gasteiger partial charge in [0.25, 0.3) is 5.91 Å². The van der Waals surface area contributed by atoms with E-state index in [1.54, 1.807) is 31.2 Å². The molecule has 3 rings (SSSR count). The van der Waals surface area contributed by atoms with Gasteiger partial charge >= 0.3 is 0 Å². The Morgan fingerprint density at radius 3 is 2.22 bits per heavy atom. The fraction of sp³-hybridized carbons (Fsp3) is 0.167. The molecule has 0 bridgehead atoms. The van der Waals surface area contributed by atoms with Gasteiger partial charge < -0.3 is 9.84 Å². The Morgan fingerprint density at radius 2 is 1.65 bits per heavy atom. The summed E-state index contributed by atoms with van der Waals surface area (Å²) in [5, 5.41) is 6.78. The number of anilines is 1. The molecule has 0 fully saturated rings. The normalized spacial score (nSPS) is 10.6. The van der Waals surface area contributed by atoms with E-state index in [9.17, 15) is 4.79 Å². The first-order valence-corrected chi connectivity index (χ1v) is 7.32. The second-order valence-electron chi connectivity index (χ2n) is 5.54. The quantitative estimate of drug-likeness (QED) is 0.796. The maximum Gasteiger partial charge on any atom is 0.255 e. The first-order chi connectivity index (χ1) is 11.0. The van der Waals surface area contributed by atoms with E-state index in [1.165, 1.54) is 0 Å². The second kappa shape index (κ2) is 6.04. The van der Waals surface area contributed by atoms with E-state index in [0.29, 0.717) is 17.3 Å². The van der Waals surface area contributed by atoms with Gasteiger partial charge in [0.2, 0.25) is 11.7 Å². The first-order valence-electron chi connectivity index (χ1n) is 7.32. The summed E-state index contributed by atoms with van der Waals surface area (Å²) < 4.78 is 4.96. The summed E-state index contributed by atoms with van der Waals surface area (Å²) in [5.74, 6) is 0.881. The molecule has 5 nitrogen and oxygen atoms in total. The molecule has 0 unspecified atom stereocenters. The van der Waals surface area contributed by atoms with Gasteiger partial charge in [-0.25, -0.2) is 0 Å². The number of rotatable bonds is 3. The molecular weight excluding hydrogens is 290 g/mol. The van der Waals surface area contributed by atoms with Crippen molar-refractivity contribution in [1.82, 2.24) is 10.1 Å². The Balaban J connectivity index is 1.77. The number of nitrogens with zero attached hydrogens (tertiary/aromatic N) is 2. The Bertz CT molecular complexity index is 831. The fourth-order valence-electron chi connectivity index (χ4n) is 2.44. The number of aromatic nitrogens is 2. The molecule has 1 amide bonds. The third-order valence-corrected chi connectivity index (χ3v) is 3.41. The van der Waals surface area contributed by atoms with Gasteiger partial charge in [0.05, 0.1) is 0 Å². The van der Waals surface area contributed by atoms with Crippen LogP contribution in [0.5, 0.6) is 0 Å². The molecule has 0 aliphatic rings. The highest BCUT2D eigenvalue weighted by molar-refractivity contribution is 6.04. The van der Waals surface area contributed by atoms with Crippen molar-refractivity contribution in [3.8, 4) is 11.4 Å². The van der Waals surface area contributed by atoms with E-state index in [1.807, 2.05) is 26.0 Å². The van der Waals surface area contributed by atoms with Crippen LogP contribution >= 0.6 is 0 Å². The van der Waals surface area contributed by atoms with E-state index < -0.39 is 0 Å². The number of nitrogens with one attached hydrogen (secondary N) is 1. The van der Waals surface area contributed by atoms with Crippen molar-refractivity contribution in [2.24, 2.45) is 0 Å². The molecule has 0 saturated heterocycles. The molecule has 116 valence electrons. The lowest BCUT2D eigenvalue weighted by atomic mass is 10.1. The number of amides is 1. The lowest BCUT2D eigenvalue weighted by Crippen LogP contribution is -2.12. The van der Waals surface area contributed by atoms with Crippen molar-refractivity contribution in [1.29, 1.82) is 0 Å². The summed E-state index contributed by atoms with van der Waals surface area (Å²) in [7, 11) is 0. The summed E-state index contributed by atoms with van der Waals surface area (Å²) in [6.07, 6.45) is 0. The molecule has 1 heterocycles. The molecule has 1 aromatic heterocycles. The maximum atomic E-state index is 12.3. The fourth-order valence-corrected chi connectivity index (χ4v) is 2.44. The second-order valence-corrected chi connectivity index (χ2v) is 5.54. The van der Waals surface area contributed by atoms with Gasteiger partial charge in [-0.15, -0.1) is 0 Å². The smallest absolute Gasteiger partial charge is 0.255 e. The maximum absolute atomic E-state index is 12.3. The molecule has 0 radical (unpaired) electrons. The van der Waals surface area contributed by atoms with Crippen LogP contribution in [0.15, 0.2) is 47.0 Å². The van der Waals surface area contributed by atoms with Crippen molar-refractivity contribution in [2.45, 2.75) is 20.8 Å². The Kier molecular flexibility index (Phi) is 3.93. The molecule has 23 heavy (non-hydrogen) atoms. The van der Waals surface area contributed by atoms with Crippen molar-refractivity contribution in [2.75, 3.05) is 5.32 Å². The third kappa shape index (κ3) is 3.45. The van der Waals surface area contributed by atoms with Crippen molar-refractivity contribution < 1.29 is 9.32 Å². The van der Waals surface area contributed by atoms with Gasteiger partial charge in [0.1, 0.15) is 0 Å². The van der Waals surface area contributed by atoms with Crippen molar-refractivity contribution >= 4 is 11.6 Å². The average molecular weight is 307 g/mol. The van der Waals surface area contributed by atoms with Crippen molar-refractivity contribution in [3.63, 3.8) is 0 Å². The van der Waals surface area contributed by atoms with Crippen LogP contribution in [0.3, 0.4) is 0 Å². The summed E-state index contributed by atoms with van der Waals surface area (Å²) in [6.45, 7) is 5.75.